The van der Waals surface area contributed by atoms with Crippen molar-refractivity contribution in [3.8, 4) is 5.75 Å². The molecule has 0 aromatic heterocycles. The van der Waals surface area contributed by atoms with Crippen LogP contribution in [0, 0.1) is 5.41 Å². The summed E-state index contributed by atoms with van der Waals surface area (Å²) in [6, 6.07) is 12.5. The Morgan fingerprint density at radius 3 is 2.57 bits per heavy atom. The molecule has 0 saturated carbocycles. The summed E-state index contributed by atoms with van der Waals surface area (Å²) in [6.07, 6.45) is 2.60. The third kappa shape index (κ3) is 3.38. The molecule has 3 rings (SSSR count). The first-order valence-electron chi connectivity index (χ1n) is 8.93. The number of aryl methyl sites for hydroxylation is 1. The summed E-state index contributed by atoms with van der Waals surface area (Å²) in [7, 11) is 2.88. The van der Waals surface area contributed by atoms with Crippen molar-refractivity contribution >= 4 is 34.9 Å². The molecular weight excluding hydrogens is 378 g/mol. The van der Waals surface area contributed by atoms with Crippen molar-refractivity contribution in [2.24, 2.45) is 5.41 Å². The number of allylic oxidation sites excluding steroid dienone is 1. The SMILES string of the molecule is C=CCC1(C(=O)OC)CCc2cc(Cl)ccc2N(c2ccc(OC)cc2)C1=O. The third-order valence-electron chi connectivity index (χ3n) is 5.12. The average molecular weight is 400 g/mol. The first-order chi connectivity index (χ1) is 13.5. The predicted molar refractivity (Wildman–Crippen MR) is 109 cm³/mol. The third-order valence-corrected chi connectivity index (χ3v) is 5.35. The Morgan fingerprint density at radius 2 is 1.96 bits per heavy atom. The van der Waals surface area contributed by atoms with Crippen molar-refractivity contribution in [1.82, 2.24) is 0 Å². The lowest BCUT2D eigenvalue weighted by Gasteiger charge is -2.32. The van der Waals surface area contributed by atoms with Crippen molar-refractivity contribution in [3.05, 3.63) is 65.7 Å². The number of methoxy groups -OCH3 is 2. The maximum atomic E-state index is 13.8. The number of benzene rings is 2. The van der Waals surface area contributed by atoms with Crippen molar-refractivity contribution in [1.29, 1.82) is 0 Å². The summed E-state index contributed by atoms with van der Waals surface area (Å²) in [6.45, 7) is 3.75. The van der Waals surface area contributed by atoms with Crippen LogP contribution in [0.4, 0.5) is 11.4 Å². The van der Waals surface area contributed by atoms with Gasteiger partial charge in [0.2, 0.25) is 5.91 Å². The van der Waals surface area contributed by atoms with E-state index in [2.05, 4.69) is 6.58 Å². The molecule has 1 aliphatic heterocycles. The lowest BCUT2D eigenvalue weighted by Crippen LogP contribution is -2.46. The first kappa shape index (κ1) is 20.0. The van der Waals surface area contributed by atoms with E-state index in [1.165, 1.54) is 7.11 Å². The van der Waals surface area contributed by atoms with Crippen LogP contribution in [0.2, 0.25) is 5.02 Å². The molecule has 28 heavy (non-hydrogen) atoms. The van der Waals surface area contributed by atoms with Gasteiger partial charge in [0.05, 0.1) is 19.9 Å². The van der Waals surface area contributed by atoms with Crippen LogP contribution in [0.15, 0.2) is 55.1 Å². The Balaban J connectivity index is 2.22. The second-order valence-corrected chi connectivity index (χ2v) is 7.11. The number of fused-ring (bicyclic) bond motifs is 1. The van der Waals surface area contributed by atoms with Gasteiger partial charge in [-0.15, -0.1) is 6.58 Å². The van der Waals surface area contributed by atoms with Crippen LogP contribution in [-0.2, 0) is 20.7 Å². The largest absolute Gasteiger partial charge is 0.497 e. The van der Waals surface area contributed by atoms with Crippen LogP contribution in [0.3, 0.4) is 0 Å². The standard InChI is InChI=1S/C22H22ClNO4/c1-4-12-22(21(26)28-3)13-11-15-14-16(23)5-10-19(15)24(20(22)25)17-6-8-18(27-2)9-7-17/h4-10,14H,1,11-13H2,2-3H3. The van der Waals surface area contributed by atoms with Crippen LogP contribution in [0.25, 0.3) is 0 Å². The lowest BCUT2D eigenvalue weighted by molar-refractivity contribution is -0.158. The Labute approximate surface area is 169 Å². The Hall–Kier alpha value is -2.79. The van der Waals surface area contributed by atoms with Crippen molar-refractivity contribution in [2.75, 3.05) is 19.1 Å². The number of hydrogen-bond donors (Lipinski definition) is 0. The zero-order chi connectivity index (χ0) is 20.3. The zero-order valence-corrected chi connectivity index (χ0v) is 16.7. The molecule has 1 atom stereocenters. The summed E-state index contributed by atoms with van der Waals surface area (Å²) in [5.74, 6) is -0.229. The Kier molecular flexibility index (Phi) is 5.75. The van der Waals surface area contributed by atoms with Crippen molar-refractivity contribution in [3.63, 3.8) is 0 Å². The molecule has 0 spiro atoms. The molecule has 2 aromatic rings. The highest BCUT2D eigenvalue weighted by molar-refractivity contribution is 6.30. The molecule has 0 bridgehead atoms. The minimum atomic E-state index is -1.35. The summed E-state index contributed by atoms with van der Waals surface area (Å²) >= 11 is 6.19. The minimum Gasteiger partial charge on any atom is -0.497 e. The van der Waals surface area contributed by atoms with E-state index < -0.39 is 11.4 Å². The molecule has 1 aliphatic rings. The number of hydrogen-bond acceptors (Lipinski definition) is 4. The van der Waals surface area contributed by atoms with E-state index >= 15 is 0 Å². The Bertz CT molecular complexity index is 909. The number of amides is 1. The fourth-order valence-electron chi connectivity index (χ4n) is 3.64. The van der Waals surface area contributed by atoms with Gasteiger partial charge in [-0.05, 0) is 67.3 Å². The van der Waals surface area contributed by atoms with Gasteiger partial charge in [0.1, 0.15) is 5.75 Å². The van der Waals surface area contributed by atoms with Gasteiger partial charge in [0.25, 0.3) is 0 Å². The summed E-state index contributed by atoms with van der Waals surface area (Å²) in [5.41, 5.74) is 0.886. The van der Waals surface area contributed by atoms with Crippen LogP contribution in [0.1, 0.15) is 18.4 Å². The number of carbonyl (C=O) groups excluding carboxylic acids is 2. The molecule has 2 aromatic carbocycles. The number of carbonyl (C=O) groups is 2. The molecule has 0 saturated heterocycles. The van der Waals surface area contributed by atoms with E-state index in [1.807, 2.05) is 6.07 Å². The smallest absolute Gasteiger partial charge is 0.321 e. The Morgan fingerprint density at radius 1 is 1.25 bits per heavy atom. The topological polar surface area (TPSA) is 55.8 Å². The second-order valence-electron chi connectivity index (χ2n) is 6.68. The molecule has 0 radical (unpaired) electrons. The maximum absolute atomic E-state index is 13.8. The number of halogens is 1. The summed E-state index contributed by atoms with van der Waals surface area (Å²) in [5, 5.41) is 0.579. The average Bonchev–Trinajstić information content (AvgIpc) is 2.83. The highest BCUT2D eigenvalue weighted by Gasteiger charge is 2.50. The maximum Gasteiger partial charge on any atom is 0.321 e. The zero-order valence-electron chi connectivity index (χ0n) is 15.9. The van der Waals surface area contributed by atoms with Gasteiger partial charge in [-0.3, -0.25) is 14.5 Å². The van der Waals surface area contributed by atoms with E-state index in [0.717, 1.165) is 5.56 Å². The van der Waals surface area contributed by atoms with E-state index in [-0.39, 0.29) is 12.3 Å². The van der Waals surface area contributed by atoms with Crippen molar-refractivity contribution < 1.29 is 19.1 Å². The van der Waals surface area contributed by atoms with Gasteiger partial charge >= 0.3 is 5.97 Å². The number of esters is 1. The van der Waals surface area contributed by atoms with E-state index in [4.69, 9.17) is 21.1 Å². The number of rotatable bonds is 5. The van der Waals surface area contributed by atoms with E-state index in [9.17, 15) is 9.59 Å². The van der Waals surface area contributed by atoms with Crippen LogP contribution in [-0.4, -0.2) is 26.1 Å². The minimum absolute atomic E-state index is 0.187. The number of ether oxygens (including phenoxy) is 2. The molecule has 1 unspecified atom stereocenters. The van der Waals surface area contributed by atoms with Crippen LogP contribution >= 0.6 is 11.6 Å². The number of anilines is 2. The normalized spacial score (nSPS) is 18.8. The van der Waals surface area contributed by atoms with Gasteiger partial charge in [0, 0.05) is 10.7 Å². The highest BCUT2D eigenvalue weighted by Crippen LogP contribution is 2.43. The fraction of sp³-hybridized carbons (Fsp3) is 0.273. The van der Waals surface area contributed by atoms with Gasteiger partial charge < -0.3 is 9.47 Å². The van der Waals surface area contributed by atoms with E-state index in [0.29, 0.717) is 35.0 Å². The van der Waals surface area contributed by atoms with Gasteiger partial charge in [0.15, 0.2) is 5.41 Å². The molecule has 1 heterocycles. The quantitative estimate of drug-likeness (QED) is 0.415. The molecule has 1 amide bonds. The van der Waals surface area contributed by atoms with Crippen molar-refractivity contribution in [2.45, 2.75) is 19.3 Å². The molecule has 146 valence electrons. The summed E-state index contributed by atoms with van der Waals surface area (Å²) < 4.78 is 10.3. The molecule has 0 fully saturated rings. The van der Waals surface area contributed by atoms with Gasteiger partial charge in [-0.25, -0.2) is 0 Å². The van der Waals surface area contributed by atoms with Crippen LogP contribution in [0.5, 0.6) is 5.75 Å². The van der Waals surface area contributed by atoms with Gasteiger partial charge in [-0.2, -0.15) is 0 Å². The van der Waals surface area contributed by atoms with E-state index in [1.54, 1.807) is 54.5 Å². The molecule has 0 N–H and O–H groups in total. The number of nitrogens with zero attached hydrogens (tertiary/aromatic N) is 1. The van der Waals surface area contributed by atoms with Crippen LogP contribution < -0.4 is 9.64 Å². The predicted octanol–water partition coefficient (Wildman–Crippen LogP) is 4.70. The fourth-order valence-corrected chi connectivity index (χ4v) is 3.84. The molecule has 5 nitrogen and oxygen atoms in total. The van der Waals surface area contributed by atoms with Gasteiger partial charge in [-0.1, -0.05) is 17.7 Å². The lowest BCUT2D eigenvalue weighted by atomic mass is 9.78. The molecule has 6 heteroatoms. The summed E-state index contributed by atoms with van der Waals surface area (Å²) in [4.78, 5) is 28.1. The highest BCUT2D eigenvalue weighted by atomic mass is 35.5. The monoisotopic (exact) mass is 399 g/mol. The molecular formula is C22H22ClNO4. The second kappa shape index (κ2) is 8.07. The first-order valence-corrected chi connectivity index (χ1v) is 9.31. The molecule has 0 aliphatic carbocycles.